The van der Waals surface area contributed by atoms with Crippen LogP contribution in [0.4, 0.5) is 5.69 Å². The Morgan fingerprint density at radius 1 is 1.03 bits per heavy atom. The summed E-state index contributed by atoms with van der Waals surface area (Å²) in [4.78, 5) is 36.5. The van der Waals surface area contributed by atoms with Crippen molar-refractivity contribution in [2.24, 2.45) is 5.10 Å². The van der Waals surface area contributed by atoms with E-state index < -0.39 is 11.8 Å². The minimum Gasteiger partial charge on any atom is -0.483 e. The first-order valence-electron chi connectivity index (χ1n) is 11.2. The molecule has 3 aromatic rings. The Balaban J connectivity index is 1.28. The number of carbonyl (C=O) groups excluding carboxylic acids is 3. The summed E-state index contributed by atoms with van der Waals surface area (Å²) >= 11 is 3.37. The SMILES string of the molecule is Cc1cccc(NC(=O)COc2ccc(Br)cc2/C=N\NC(=O)C(=O)NCc2ccc3c(c2)OCO3)c1. The summed E-state index contributed by atoms with van der Waals surface area (Å²) in [6, 6.07) is 17.7. The fraction of sp³-hybridized carbons (Fsp3) is 0.154. The number of carbonyl (C=O) groups is 3. The Morgan fingerprint density at radius 3 is 2.70 bits per heavy atom. The lowest BCUT2D eigenvalue weighted by atomic mass is 10.2. The highest BCUT2D eigenvalue weighted by Gasteiger charge is 2.16. The molecular weight excluding hydrogens is 544 g/mol. The van der Waals surface area contributed by atoms with Crippen LogP contribution in [-0.2, 0) is 20.9 Å². The van der Waals surface area contributed by atoms with E-state index in [1.807, 2.05) is 25.1 Å². The molecule has 4 rings (SSSR count). The van der Waals surface area contributed by atoms with Crippen LogP contribution in [0.2, 0.25) is 0 Å². The predicted molar refractivity (Wildman–Crippen MR) is 140 cm³/mol. The number of rotatable bonds is 8. The smallest absolute Gasteiger partial charge is 0.329 e. The summed E-state index contributed by atoms with van der Waals surface area (Å²) in [5.41, 5.74) is 5.11. The molecule has 0 saturated heterocycles. The van der Waals surface area contributed by atoms with Crippen molar-refractivity contribution in [3.8, 4) is 17.2 Å². The molecule has 0 spiro atoms. The second kappa shape index (κ2) is 12.0. The van der Waals surface area contributed by atoms with E-state index in [1.165, 1.54) is 6.21 Å². The zero-order valence-corrected chi connectivity index (χ0v) is 21.3. The minimum atomic E-state index is -0.938. The number of ether oxygens (including phenoxy) is 3. The van der Waals surface area contributed by atoms with E-state index in [9.17, 15) is 14.4 Å². The summed E-state index contributed by atoms with van der Waals surface area (Å²) in [6.07, 6.45) is 1.32. The predicted octanol–water partition coefficient (Wildman–Crippen LogP) is 3.27. The molecule has 3 amide bonds. The van der Waals surface area contributed by atoms with Gasteiger partial charge in [0.2, 0.25) is 6.79 Å². The fourth-order valence-corrected chi connectivity index (χ4v) is 3.72. The first-order chi connectivity index (χ1) is 17.9. The summed E-state index contributed by atoms with van der Waals surface area (Å²) in [5, 5.41) is 9.13. The Kier molecular flexibility index (Phi) is 8.37. The maximum atomic E-state index is 12.3. The topological polar surface area (TPSA) is 127 Å². The molecule has 0 atom stereocenters. The van der Waals surface area contributed by atoms with Gasteiger partial charge in [-0.05, 0) is 60.5 Å². The number of halogens is 1. The van der Waals surface area contributed by atoms with Gasteiger partial charge in [-0.25, -0.2) is 5.43 Å². The van der Waals surface area contributed by atoms with Crippen LogP contribution in [0.15, 0.2) is 70.2 Å². The van der Waals surface area contributed by atoms with Crippen molar-refractivity contribution in [3.05, 3.63) is 81.8 Å². The first kappa shape index (κ1) is 25.7. The van der Waals surface area contributed by atoms with E-state index in [4.69, 9.17) is 14.2 Å². The summed E-state index contributed by atoms with van der Waals surface area (Å²) in [5.74, 6) is -0.539. The fourth-order valence-electron chi connectivity index (χ4n) is 3.34. The summed E-state index contributed by atoms with van der Waals surface area (Å²) in [7, 11) is 0. The molecule has 11 heteroatoms. The van der Waals surface area contributed by atoms with Gasteiger partial charge in [0.05, 0.1) is 6.21 Å². The molecule has 3 aromatic carbocycles. The number of hydrogen-bond donors (Lipinski definition) is 3. The normalized spacial score (nSPS) is 11.7. The maximum Gasteiger partial charge on any atom is 0.329 e. The summed E-state index contributed by atoms with van der Waals surface area (Å²) in [6.45, 7) is 1.98. The molecule has 10 nitrogen and oxygen atoms in total. The lowest BCUT2D eigenvalue weighted by Gasteiger charge is -2.10. The number of fused-ring (bicyclic) bond motifs is 1. The Morgan fingerprint density at radius 2 is 1.86 bits per heavy atom. The molecule has 0 aromatic heterocycles. The molecule has 0 unspecified atom stereocenters. The van der Waals surface area contributed by atoms with E-state index in [1.54, 1.807) is 42.5 Å². The molecule has 0 fully saturated rings. The van der Waals surface area contributed by atoms with Gasteiger partial charge < -0.3 is 24.8 Å². The lowest BCUT2D eigenvalue weighted by molar-refractivity contribution is -0.139. The van der Waals surface area contributed by atoms with Gasteiger partial charge in [-0.15, -0.1) is 0 Å². The van der Waals surface area contributed by atoms with E-state index in [0.717, 1.165) is 15.6 Å². The van der Waals surface area contributed by atoms with Crippen LogP contribution < -0.4 is 30.3 Å². The highest BCUT2D eigenvalue weighted by atomic mass is 79.9. The molecule has 0 saturated carbocycles. The molecule has 0 radical (unpaired) electrons. The van der Waals surface area contributed by atoms with Crippen LogP contribution in [0, 0.1) is 6.92 Å². The van der Waals surface area contributed by atoms with Crippen molar-refractivity contribution < 1.29 is 28.6 Å². The zero-order chi connectivity index (χ0) is 26.2. The van der Waals surface area contributed by atoms with E-state index in [0.29, 0.717) is 28.5 Å². The van der Waals surface area contributed by atoms with Gasteiger partial charge >= 0.3 is 11.8 Å². The third-order valence-electron chi connectivity index (χ3n) is 5.10. The number of benzene rings is 3. The van der Waals surface area contributed by atoms with Gasteiger partial charge in [-0.1, -0.05) is 34.1 Å². The average molecular weight is 567 g/mol. The van der Waals surface area contributed by atoms with Crippen molar-refractivity contribution in [3.63, 3.8) is 0 Å². The number of nitrogens with one attached hydrogen (secondary N) is 3. The Hall–Kier alpha value is -4.38. The molecule has 1 heterocycles. The van der Waals surface area contributed by atoms with Crippen LogP contribution in [-0.4, -0.2) is 37.3 Å². The highest BCUT2D eigenvalue weighted by molar-refractivity contribution is 9.10. The molecule has 37 heavy (non-hydrogen) atoms. The van der Waals surface area contributed by atoms with Crippen LogP contribution in [0.1, 0.15) is 16.7 Å². The lowest BCUT2D eigenvalue weighted by Crippen LogP contribution is -2.37. The van der Waals surface area contributed by atoms with Crippen LogP contribution in [0.3, 0.4) is 0 Å². The standard InChI is InChI=1S/C26H23BrN4O6/c1-16-3-2-4-20(9-16)30-24(32)14-35-21-8-6-19(27)11-18(21)13-29-31-26(34)25(33)28-12-17-5-7-22-23(10-17)37-15-36-22/h2-11,13H,12,14-15H2,1H3,(H,28,33)(H,30,32)(H,31,34)/b29-13-. The first-order valence-corrected chi connectivity index (χ1v) is 12.0. The van der Waals surface area contributed by atoms with Crippen molar-refractivity contribution in [2.45, 2.75) is 13.5 Å². The monoisotopic (exact) mass is 566 g/mol. The van der Waals surface area contributed by atoms with Crippen LogP contribution in [0.5, 0.6) is 17.2 Å². The number of amides is 3. The van der Waals surface area contributed by atoms with E-state index in [-0.39, 0.29) is 25.9 Å². The van der Waals surface area contributed by atoms with Crippen molar-refractivity contribution >= 4 is 45.6 Å². The molecule has 1 aliphatic rings. The van der Waals surface area contributed by atoms with Gasteiger partial charge in [0.15, 0.2) is 18.1 Å². The van der Waals surface area contributed by atoms with Crippen molar-refractivity contribution in [2.75, 3.05) is 18.7 Å². The van der Waals surface area contributed by atoms with Gasteiger partial charge in [-0.2, -0.15) is 5.10 Å². The quantitative estimate of drug-likeness (QED) is 0.218. The Bertz CT molecular complexity index is 1360. The molecule has 0 aliphatic carbocycles. The number of hydrazone groups is 1. The number of anilines is 1. The van der Waals surface area contributed by atoms with Crippen LogP contribution >= 0.6 is 15.9 Å². The summed E-state index contributed by atoms with van der Waals surface area (Å²) < 4.78 is 16.9. The zero-order valence-electron chi connectivity index (χ0n) is 19.7. The number of hydrogen-bond acceptors (Lipinski definition) is 7. The van der Waals surface area contributed by atoms with Crippen LogP contribution in [0.25, 0.3) is 0 Å². The second-order valence-electron chi connectivity index (χ2n) is 7.96. The van der Waals surface area contributed by atoms with Gasteiger partial charge in [0.1, 0.15) is 5.75 Å². The third-order valence-corrected chi connectivity index (χ3v) is 5.59. The van der Waals surface area contributed by atoms with Crippen molar-refractivity contribution in [1.29, 1.82) is 0 Å². The minimum absolute atomic E-state index is 0.126. The molecule has 3 N–H and O–H groups in total. The molecule has 190 valence electrons. The van der Waals surface area contributed by atoms with Gasteiger partial charge in [-0.3, -0.25) is 14.4 Å². The molecule has 0 bridgehead atoms. The average Bonchev–Trinajstić information content (AvgIpc) is 3.34. The van der Waals surface area contributed by atoms with Crippen molar-refractivity contribution in [1.82, 2.24) is 10.7 Å². The second-order valence-corrected chi connectivity index (χ2v) is 8.87. The molecule has 1 aliphatic heterocycles. The van der Waals surface area contributed by atoms with E-state index in [2.05, 4.69) is 37.1 Å². The highest BCUT2D eigenvalue weighted by Crippen LogP contribution is 2.32. The largest absolute Gasteiger partial charge is 0.483 e. The van der Waals surface area contributed by atoms with Gasteiger partial charge in [0, 0.05) is 22.3 Å². The number of nitrogens with zero attached hydrogens (tertiary/aromatic N) is 1. The number of aryl methyl sites for hydroxylation is 1. The maximum absolute atomic E-state index is 12.3. The van der Waals surface area contributed by atoms with Gasteiger partial charge in [0.25, 0.3) is 5.91 Å². The van der Waals surface area contributed by atoms with E-state index >= 15 is 0 Å². The Labute approximate surface area is 221 Å². The third kappa shape index (κ3) is 7.31. The molecular formula is C26H23BrN4O6.